The largest absolute Gasteiger partial charge is 0.356 e. The van der Waals surface area contributed by atoms with Crippen LogP contribution >= 0.6 is 15.9 Å². The average molecular weight is 295 g/mol. The normalized spacial score (nSPS) is 28.2. The zero-order chi connectivity index (χ0) is 11.8. The molecule has 2 atom stereocenters. The fourth-order valence-electron chi connectivity index (χ4n) is 3.29. The predicted molar refractivity (Wildman–Crippen MR) is 74.3 cm³/mol. The molecule has 2 heterocycles. The topological polar surface area (TPSA) is 16.1 Å². The molecule has 1 aromatic rings. The van der Waals surface area contributed by atoms with Gasteiger partial charge in [-0.2, -0.15) is 0 Å². The Bertz CT molecular complexity index is 405. The highest BCUT2D eigenvalue weighted by Crippen LogP contribution is 2.37. The number of hydrogen-bond donors (Lipinski definition) is 0. The fraction of sp³-hybridized carbons (Fsp3) is 0.643. The van der Waals surface area contributed by atoms with Crippen molar-refractivity contribution in [2.45, 2.75) is 32.6 Å². The van der Waals surface area contributed by atoms with E-state index in [0.29, 0.717) is 0 Å². The summed E-state index contributed by atoms with van der Waals surface area (Å²) in [6.07, 6.45) is 7.66. The third kappa shape index (κ3) is 2.22. The Labute approximate surface area is 112 Å². The van der Waals surface area contributed by atoms with Crippen LogP contribution in [0.25, 0.3) is 0 Å². The molecule has 1 aliphatic heterocycles. The van der Waals surface area contributed by atoms with Crippen LogP contribution in [0.4, 0.5) is 5.82 Å². The number of pyridine rings is 1. The monoisotopic (exact) mass is 294 g/mol. The molecule has 2 fully saturated rings. The van der Waals surface area contributed by atoms with E-state index >= 15 is 0 Å². The van der Waals surface area contributed by atoms with E-state index in [9.17, 15) is 0 Å². The molecule has 92 valence electrons. The van der Waals surface area contributed by atoms with Crippen LogP contribution in [-0.2, 0) is 0 Å². The molecular formula is C14H19BrN2. The minimum Gasteiger partial charge on any atom is -0.356 e. The van der Waals surface area contributed by atoms with Gasteiger partial charge in [0.05, 0.1) is 0 Å². The van der Waals surface area contributed by atoms with Crippen LogP contribution in [0.1, 0.15) is 31.2 Å². The van der Waals surface area contributed by atoms with E-state index in [1.165, 1.54) is 50.2 Å². The van der Waals surface area contributed by atoms with E-state index in [0.717, 1.165) is 16.3 Å². The molecule has 1 aromatic heterocycles. The van der Waals surface area contributed by atoms with Crippen molar-refractivity contribution in [3.8, 4) is 0 Å². The maximum atomic E-state index is 4.56. The summed E-state index contributed by atoms with van der Waals surface area (Å²) in [5.74, 6) is 3.02. The van der Waals surface area contributed by atoms with Crippen LogP contribution in [0.2, 0.25) is 0 Å². The Morgan fingerprint density at radius 3 is 2.47 bits per heavy atom. The van der Waals surface area contributed by atoms with Gasteiger partial charge in [0.2, 0.25) is 0 Å². The molecule has 1 aliphatic carbocycles. The van der Waals surface area contributed by atoms with E-state index < -0.39 is 0 Å². The molecule has 17 heavy (non-hydrogen) atoms. The van der Waals surface area contributed by atoms with Gasteiger partial charge in [-0.15, -0.1) is 0 Å². The van der Waals surface area contributed by atoms with Crippen LogP contribution in [0.5, 0.6) is 0 Å². The quantitative estimate of drug-likeness (QED) is 0.784. The number of anilines is 1. The molecule has 0 amide bonds. The van der Waals surface area contributed by atoms with Crippen LogP contribution in [-0.4, -0.2) is 18.1 Å². The van der Waals surface area contributed by atoms with Crippen LogP contribution in [0.3, 0.4) is 0 Å². The van der Waals surface area contributed by atoms with Gasteiger partial charge in [-0.25, -0.2) is 4.98 Å². The third-order valence-electron chi connectivity index (χ3n) is 4.33. The van der Waals surface area contributed by atoms with Crippen molar-refractivity contribution in [3.63, 3.8) is 0 Å². The van der Waals surface area contributed by atoms with Gasteiger partial charge in [0, 0.05) is 23.8 Å². The molecule has 0 bridgehead atoms. The van der Waals surface area contributed by atoms with E-state index in [-0.39, 0.29) is 0 Å². The van der Waals surface area contributed by atoms with Crippen molar-refractivity contribution < 1.29 is 0 Å². The summed E-state index contributed by atoms with van der Waals surface area (Å²) >= 11 is 3.52. The highest BCUT2D eigenvalue weighted by atomic mass is 79.9. The van der Waals surface area contributed by atoms with Crippen molar-refractivity contribution >= 4 is 21.7 Å². The maximum Gasteiger partial charge on any atom is 0.128 e. The Morgan fingerprint density at radius 1 is 1.24 bits per heavy atom. The second-order valence-corrected chi connectivity index (χ2v) is 6.36. The first kappa shape index (κ1) is 11.5. The number of rotatable bonds is 1. The fourth-order valence-corrected chi connectivity index (χ4v) is 3.51. The molecule has 2 aliphatic rings. The number of aryl methyl sites for hydroxylation is 1. The Morgan fingerprint density at radius 2 is 1.88 bits per heavy atom. The minimum absolute atomic E-state index is 0.925. The molecule has 1 saturated heterocycles. The summed E-state index contributed by atoms with van der Waals surface area (Å²) in [7, 11) is 0. The van der Waals surface area contributed by atoms with E-state index in [2.05, 4.69) is 38.8 Å². The molecule has 1 saturated carbocycles. The van der Waals surface area contributed by atoms with Crippen LogP contribution < -0.4 is 4.90 Å². The number of nitrogens with zero attached hydrogens (tertiary/aromatic N) is 2. The van der Waals surface area contributed by atoms with Crippen LogP contribution in [0, 0.1) is 18.8 Å². The van der Waals surface area contributed by atoms with E-state index in [1.54, 1.807) is 0 Å². The Hall–Kier alpha value is -0.570. The standard InChI is InChI=1S/C14H19BrN2/c1-10-6-14(16-7-13(10)15)17-8-11-4-2-3-5-12(11)9-17/h6-7,11-12H,2-5,8-9H2,1H3. The molecule has 0 N–H and O–H groups in total. The van der Waals surface area contributed by atoms with Gasteiger partial charge in [0.1, 0.15) is 5.82 Å². The first-order chi connectivity index (χ1) is 8.24. The summed E-state index contributed by atoms with van der Waals surface area (Å²) in [5.41, 5.74) is 1.28. The lowest BCUT2D eigenvalue weighted by Gasteiger charge is -2.22. The van der Waals surface area contributed by atoms with Gasteiger partial charge in [-0.05, 0) is 59.2 Å². The third-order valence-corrected chi connectivity index (χ3v) is 5.16. The molecule has 2 nitrogen and oxygen atoms in total. The second kappa shape index (κ2) is 4.60. The number of aromatic nitrogens is 1. The summed E-state index contributed by atoms with van der Waals surface area (Å²) < 4.78 is 1.11. The summed E-state index contributed by atoms with van der Waals surface area (Å²) in [4.78, 5) is 7.04. The van der Waals surface area contributed by atoms with Crippen molar-refractivity contribution in [1.29, 1.82) is 0 Å². The highest BCUT2D eigenvalue weighted by Gasteiger charge is 2.34. The molecule has 0 aromatic carbocycles. The Balaban J connectivity index is 1.79. The van der Waals surface area contributed by atoms with Gasteiger partial charge >= 0.3 is 0 Å². The Kier molecular flexibility index (Phi) is 3.12. The maximum absolute atomic E-state index is 4.56. The summed E-state index contributed by atoms with van der Waals surface area (Å²) in [6.45, 7) is 4.58. The van der Waals surface area contributed by atoms with Crippen molar-refractivity contribution in [3.05, 3.63) is 22.3 Å². The summed E-state index contributed by atoms with van der Waals surface area (Å²) in [5, 5.41) is 0. The zero-order valence-corrected chi connectivity index (χ0v) is 11.9. The predicted octanol–water partition coefficient (Wildman–Crippen LogP) is 3.78. The van der Waals surface area contributed by atoms with Gasteiger partial charge in [-0.1, -0.05) is 12.8 Å². The second-order valence-electron chi connectivity index (χ2n) is 5.50. The smallest absolute Gasteiger partial charge is 0.128 e. The van der Waals surface area contributed by atoms with Crippen molar-refractivity contribution in [2.24, 2.45) is 11.8 Å². The number of halogens is 1. The van der Waals surface area contributed by atoms with Gasteiger partial charge < -0.3 is 4.90 Å². The SMILES string of the molecule is Cc1cc(N2CC3CCCCC3C2)ncc1Br. The number of fused-ring (bicyclic) bond motifs is 1. The molecule has 3 rings (SSSR count). The lowest BCUT2D eigenvalue weighted by atomic mass is 9.82. The van der Waals surface area contributed by atoms with Crippen molar-refractivity contribution in [1.82, 2.24) is 4.98 Å². The molecule has 2 unspecified atom stereocenters. The first-order valence-corrected chi connectivity index (χ1v) is 7.40. The average Bonchev–Trinajstić information content (AvgIpc) is 2.76. The first-order valence-electron chi connectivity index (χ1n) is 6.61. The lowest BCUT2D eigenvalue weighted by Crippen LogP contribution is -2.21. The van der Waals surface area contributed by atoms with Gasteiger partial charge in [0.25, 0.3) is 0 Å². The highest BCUT2D eigenvalue weighted by molar-refractivity contribution is 9.10. The van der Waals surface area contributed by atoms with Gasteiger partial charge in [0.15, 0.2) is 0 Å². The molecular weight excluding hydrogens is 276 g/mol. The van der Waals surface area contributed by atoms with Crippen LogP contribution in [0.15, 0.2) is 16.7 Å². The van der Waals surface area contributed by atoms with Crippen molar-refractivity contribution in [2.75, 3.05) is 18.0 Å². The van der Waals surface area contributed by atoms with E-state index in [1.807, 2.05) is 6.20 Å². The van der Waals surface area contributed by atoms with Gasteiger partial charge in [-0.3, -0.25) is 0 Å². The van der Waals surface area contributed by atoms with E-state index in [4.69, 9.17) is 0 Å². The summed E-state index contributed by atoms with van der Waals surface area (Å²) in [6, 6.07) is 2.21. The minimum atomic E-state index is 0.925. The number of hydrogen-bond acceptors (Lipinski definition) is 2. The molecule has 0 spiro atoms. The molecule has 0 radical (unpaired) electrons. The lowest BCUT2D eigenvalue weighted by molar-refractivity contribution is 0.299. The molecule has 3 heteroatoms. The zero-order valence-electron chi connectivity index (χ0n) is 10.3.